The van der Waals surface area contributed by atoms with Gasteiger partial charge >= 0.3 is 6.18 Å². The molecule has 3 rings (SSSR count). The summed E-state index contributed by atoms with van der Waals surface area (Å²) in [6, 6.07) is 9.48. The highest BCUT2D eigenvalue weighted by Gasteiger charge is 2.34. The Kier molecular flexibility index (Phi) is 5.20. The van der Waals surface area contributed by atoms with Crippen molar-refractivity contribution in [1.29, 1.82) is 5.26 Å². The number of hydrogen-bond acceptors (Lipinski definition) is 2. The van der Waals surface area contributed by atoms with Crippen molar-refractivity contribution in [3.05, 3.63) is 64.5 Å². The molecule has 2 nitrogen and oxygen atoms in total. The Morgan fingerprint density at radius 2 is 1.83 bits per heavy atom. The molecule has 6 heteroatoms. The van der Waals surface area contributed by atoms with Crippen LogP contribution < -0.4 is 4.90 Å². The van der Waals surface area contributed by atoms with E-state index in [-0.39, 0.29) is 22.6 Å². The van der Waals surface area contributed by atoms with E-state index < -0.39 is 17.6 Å². The average molecular weight is 402 g/mol. The normalized spacial score (nSPS) is 18.9. The summed E-state index contributed by atoms with van der Waals surface area (Å²) in [4.78, 5) is 2.06. The monoisotopic (exact) mass is 402 g/mol. The number of fused-ring (bicyclic) bond motifs is 1. The average Bonchev–Trinajstić information content (AvgIpc) is 2.64. The molecule has 2 aromatic rings. The molecule has 0 radical (unpaired) electrons. The molecule has 0 aliphatic carbocycles. The molecule has 0 saturated heterocycles. The predicted octanol–water partition coefficient (Wildman–Crippen LogP) is 6.63. The standard InChI is InChI=1S/C23H22F4N2/c1-14-12-22(2,3)29(4)21-11-20(24)16(10-19(14)21)9-17(13-28)15-5-7-18(8-6-15)23(25,26)27/h5-11,14H,12H2,1-4H3/b17-9+. The maximum atomic E-state index is 14.8. The second-order valence-corrected chi connectivity index (χ2v) is 8.15. The van der Waals surface area contributed by atoms with E-state index in [1.165, 1.54) is 24.3 Å². The van der Waals surface area contributed by atoms with Crippen molar-refractivity contribution in [2.75, 3.05) is 11.9 Å². The fraction of sp³-hybridized carbons (Fsp3) is 0.348. The van der Waals surface area contributed by atoms with E-state index in [1.54, 1.807) is 6.07 Å². The summed E-state index contributed by atoms with van der Waals surface area (Å²) in [5, 5.41) is 9.49. The Bertz CT molecular complexity index is 995. The first-order chi connectivity index (χ1) is 13.4. The Morgan fingerprint density at radius 1 is 1.21 bits per heavy atom. The molecule has 0 spiro atoms. The van der Waals surface area contributed by atoms with E-state index in [1.807, 2.05) is 13.1 Å². The number of anilines is 1. The van der Waals surface area contributed by atoms with E-state index in [0.29, 0.717) is 5.56 Å². The van der Waals surface area contributed by atoms with Gasteiger partial charge in [-0.05, 0) is 67.7 Å². The lowest BCUT2D eigenvalue weighted by atomic mass is 9.80. The zero-order valence-corrected chi connectivity index (χ0v) is 16.7. The molecule has 0 fully saturated rings. The molecule has 1 atom stereocenters. The van der Waals surface area contributed by atoms with Crippen LogP contribution in [0.1, 0.15) is 55.4 Å². The molecule has 0 N–H and O–H groups in total. The van der Waals surface area contributed by atoms with E-state index >= 15 is 0 Å². The molecular weight excluding hydrogens is 380 g/mol. The van der Waals surface area contributed by atoms with Crippen LogP contribution in [0.4, 0.5) is 23.2 Å². The van der Waals surface area contributed by atoms with E-state index in [2.05, 4.69) is 25.7 Å². The summed E-state index contributed by atoms with van der Waals surface area (Å²) < 4.78 is 53.1. The predicted molar refractivity (Wildman–Crippen MR) is 107 cm³/mol. The molecule has 0 saturated carbocycles. The minimum Gasteiger partial charge on any atom is -0.369 e. The van der Waals surface area contributed by atoms with Crippen LogP contribution in [-0.2, 0) is 6.18 Å². The summed E-state index contributed by atoms with van der Waals surface area (Å²) in [7, 11) is 1.93. The number of alkyl halides is 3. The van der Waals surface area contributed by atoms with E-state index in [0.717, 1.165) is 29.8 Å². The highest BCUT2D eigenvalue weighted by atomic mass is 19.4. The summed E-state index contributed by atoms with van der Waals surface area (Å²) in [6.07, 6.45) is -2.16. The molecular formula is C23H22F4N2. The third-order valence-electron chi connectivity index (χ3n) is 5.70. The Hall–Kier alpha value is -2.81. The molecule has 2 aromatic carbocycles. The molecule has 1 unspecified atom stereocenters. The zero-order valence-electron chi connectivity index (χ0n) is 16.7. The SMILES string of the molecule is CC1CC(C)(C)N(C)c2cc(F)c(/C=C(\C#N)c3ccc(C(F)(F)F)cc3)cc21. The fourth-order valence-electron chi connectivity index (χ4n) is 3.89. The van der Waals surface area contributed by atoms with Gasteiger partial charge in [0.05, 0.1) is 17.2 Å². The molecule has 29 heavy (non-hydrogen) atoms. The van der Waals surface area contributed by atoms with Gasteiger partial charge in [0.25, 0.3) is 0 Å². The van der Waals surface area contributed by atoms with Gasteiger partial charge in [0.2, 0.25) is 0 Å². The topological polar surface area (TPSA) is 27.0 Å². The lowest BCUT2D eigenvalue weighted by Gasteiger charge is -2.45. The van der Waals surface area contributed by atoms with Crippen LogP contribution in [0.2, 0.25) is 0 Å². The van der Waals surface area contributed by atoms with Crippen LogP contribution in [0.15, 0.2) is 36.4 Å². The van der Waals surface area contributed by atoms with Crippen LogP contribution in [0.5, 0.6) is 0 Å². The summed E-state index contributed by atoms with van der Waals surface area (Å²) >= 11 is 0. The van der Waals surface area contributed by atoms with Gasteiger partial charge in [0.1, 0.15) is 5.82 Å². The lowest BCUT2D eigenvalue weighted by molar-refractivity contribution is -0.137. The van der Waals surface area contributed by atoms with Gasteiger partial charge in [0, 0.05) is 23.8 Å². The first-order valence-electron chi connectivity index (χ1n) is 9.31. The van der Waals surface area contributed by atoms with Crippen molar-refractivity contribution in [2.45, 2.75) is 44.8 Å². The number of rotatable bonds is 2. The zero-order chi connectivity index (χ0) is 21.6. The van der Waals surface area contributed by atoms with Crippen molar-refractivity contribution in [1.82, 2.24) is 0 Å². The number of nitriles is 1. The van der Waals surface area contributed by atoms with Crippen molar-refractivity contribution in [3.63, 3.8) is 0 Å². The maximum absolute atomic E-state index is 14.8. The Morgan fingerprint density at radius 3 is 2.38 bits per heavy atom. The summed E-state index contributed by atoms with van der Waals surface area (Å²) in [6.45, 7) is 6.30. The quantitative estimate of drug-likeness (QED) is 0.320. The number of nitrogens with zero attached hydrogens (tertiary/aromatic N) is 2. The molecule has 0 bridgehead atoms. The smallest absolute Gasteiger partial charge is 0.369 e. The molecule has 1 aliphatic rings. The number of allylic oxidation sites excluding steroid dienone is 1. The maximum Gasteiger partial charge on any atom is 0.416 e. The molecule has 0 amide bonds. The highest BCUT2D eigenvalue weighted by molar-refractivity contribution is 5.90. The first-order valence-corrected chi connectivity index (χ1v) is 9.31. The van der Waals surface area contributed by atoms with Crippen molar-refractivity contribution < 1.29 is 17.6 Å². The molecule has 1 aliphatic heterocycles. The second-order valence-electron chi connectivity index (χ2n) is 8.15. The molecule has 1 heterocycles. The minimum atomic E-state index is -4.45. The first kappa shape index (κ1) is 20.9. The van der Waals surface area contributed by atoms with Gasteiger partial charge in [-0.25, -0.2) is 4.39 Å². The van der Waals surface area contributed by atoms with Gasteiger partial charge in [0.15, 0.2) is 0 Å². The van der Waals surface area contributed by atoms with Crippen LogP contribution >= 0.6 is 0 Å². The number of benzene rings is 2. The van der Waals surface area contributed by atoms with Gasteiger partial charge in [-0.2, -0.15) is 18.4 Å². The lowest BCUT2D eigenvalue weighted by Crippen LogP contribution is -2.45. The van der Waals surface area contributed by atoms with Crippen LogP contribution in [0, 0.1) is 17.1 Å². The van der Waals surface area contributed by atoms with Crippen LogP contribution in [-0.4, -0.2) is 12.6 Å². The molecule has 0 aromatic heterocycles. The van der Waals surface area contributed by atoms with Gasteiger partial charge in [-0.15, -0.1) is 0 Å². The van der Waals surface area contributed by atoms with E-state index in [4.69, 9.17) is 0 Å². The fourth-order valence-corrected chi connectivity index (χ4v) is 3.89. The molecule has 152 valence electrons. The van der Waals surface area contributed by atoms with Gasteiger partial charge in [-0.3, -0.25) is 0 Å². The number of hydrogen-bond donors (Lipinski definition) is 0. The van der Waals surface area contributed by atoms with Crippen molar-refractivity contribution in [3.8, 4) is 6.07 Å². The minimum absolute atomic E-state index is 0.103. The van der Waals surface area contributed by atoms with E-state index in [9.17, 15) is 22.8 Å². The number of halogens is 4. The van der Waals surface area contributed by atoms with Crippen LogP contribution in [0.3, 0.4) is 0 Å². The second kappa shape index (κ2) is 7.22. The van der Waals surface area contributed by atoms with Crippen LogP contribution in [0.25, 0.3) is 11.6 Å². The van der Waals surface area contributed by atoms with Gasteiger partial charge in [-0.1, -0.05) is 19.1 Å². The van der Waals surface area contributed by atoms with Crippen molar-refractivity contribution >= 4 is 17.3 Å². The third kappa shape index (κ3) is 4.00. The van der Waals surface area contributed by atoms with Gasteiger partial charge < -0.3 is 4.90 Å². The summed E-state index contributed by atoms with van der Waals surface area (Å²) in [5.74, 6) is -0.263. The van der Waals surface area contributed by atoms with Crippen molar-refractivity contribution in [2.24, 2.45) is 0 Å². The largest absolute Gasteiger partial charge is 0.416 e. The Balaban J connectivity index is 2.03. The Labute approximate surface area is 168 Å². The third-order valence-corrected chi connectivity index (χ3v) is 5.70. The summed E-state index contributed by atoms with van der Waals surface area (Å²) in [5.41, 5.74) is 1.58. The highest BCUT2D eigenvalue weighted by Crippen LogP contribution is 2.43.